The fraction of sp³-hybridized carbons (Fsp3) is 0.105. The van der Waals surface area contributed by atoms with Crippen molar-refractivity contribution in [2.75, 3.05) is 11.1 Å². The molecule has 0 aliphatic carbocycles. The molecule has 1 aromatic heterocycles. The minimum absolute atomic E-state index is 0.107. The van der Waals surface area contributed by atoms with Crippen molar-refractivity contribution >= 4 is 39.3 Å². The number of aromatic amines is 1. The van der Waals surface area contributed by atoms with Crippen molar-refractivity contribution in [1.29, 1.82) is 5.26 Å². The van der Waals surface area contributed by atoms with Crippen molar-refractivity contribution in [2.24, 2.45) is 0 Å². The molecule has 130 valence electrons. The van der Waals surface area contributed by atoms with Gasteiger partial charge in [0, 0.05) is 10.2 Å². The van der Waals surface area contributed by atoms with Crippen LogP contribution in [0.25, 0.3) is 11.3 Å². The summed E-state index contributed by atoms with van der Waals surface area (Å²) in [6, 6.07) is 17.3. The van der Waals surface area contributed by atoms with Crippen LogP contribution in [0.2, 0.25) is 0 Å². The van der Waals surface area contributed by atoms with E-state index in [0.29, 0.717) is 17.3 Å². The van der Waals surface area contributed by atoms with Gasteiger partial charge in [-0.05, 0) is 35.4 Å². The molecular weight excluding hydrogens is 412 g/mol. The van der Waals surface area contributed by atoms with Crippen molar-refractivity contribution in [1.82, 2.24) is 9.97 Å². The summed E-state index contributed by atoms with van der Waals surface area (Å²) in [6.45, 7) is 0. The van der Waals surface area contributed by atoms with Crippen LogP contribution in [0.5, 0.6) is 0 Å². The maximum absolute atomic E-state index is 12.1. The Labute approximate surface area is 164 Å². The third-order valence-electron chi connectivity index (χ3n) is 3.57. The molecule has 2 N–H and O–H groups in total. The van der Waals surface area contributed by atoms with Gasteiger partial charge < -0.3 is 10.3 Å². The Balaban J connectivity index is 1.53. The van der Waals surface area contributed by atoms with Crippen molar-refractivity contribution < 1.29 is 4.79 Å². The number of imidazole rings is 1. The molecule has 3 rings (SSSR count). The van der Waals surface area contributed by atoms with Gasteiger partial charge in [-0.15, -0.1) is 0 Å². The summed E-state index contributed by atoms with van der Waals surface area (Å²) >= 11 is 4.76. The molecule has 3 aromatic rings. The number of hydrogen-bond acceptors (Lipinski definition) is 4. The number of H-pyrrole nitrogens is 1. The van der Waals surface area contributed by atoms with E-state index in [9.17, 15) is 4.79 Å². The fourth-order valence-corrected chi connectivity index (χ4v) is 3.19. The van der Waals surface area contributed by atoms with Crippen molar-refractivity contribution in [3.8, 4) is 17.3 Å². The van der Waals surface area contributed by atoms with Gasteiger partial charge in [0.2, 0.25) is 5.91 Å². The molecule has 0 aliphatic rings. The van der Waals surface area contributed by atoms with Gasteiger partial charge in [-0.1, -0.05) is 52.0 Å². The number of anilines is 1. The quantitative estimate of drug-likeness (QED) is 0.562. The van der Waals surface area contributed by atoms with E-state index in [4.69, 9.17) is 5.26 Å². The minimum atomic E-state index is -0.107. The van der Waals surface area contributed by atoms with Gasteiger partial charge in [0.15, 0.2) is 5.16 Å². The van der Waals surface area contributed by atoms with Crippen molar-refractivity contribution in [3.63, 3.8) is 0 Å². The Bertz CT molecular complexity index is 929. The van der Waals surface area contributed by atoms with E-state index in [0.717, 1.165) is 21.3 Å². The average Bonchev–Trinajstić information content (AvgIpc) is 3.11. The largest absolute Gasteiger partial charge is 0.333 e. The topological polar surface area (TPSA) is 81.6 Å². The first-order valence-corrected chi connectivity index (χ1v) is 9.61. The second-order valence-electron chi connectivity index (χ2n) is 5.48. The number of rotatable bonds is 6. The maximum Gasteiger partial charge on any atom is 0.234 e. The number of nitriles is 1. The van der Waals surface area contributed by atoms with E-state index >= 15 is 0 Å². The highest BCUT2D eigenvalue weighted by Crippen LogP contribution is 2.23. The molecule has 0 saturated carbocycles. The lowest BCUT2D eigenvalue weighted by molar-refractivity contribution is -0.113. The summed E-state index contributed by atoms with van der Waals surface area (Å²) in [6.07, 6.45) is 2.13. The molecule has 0 atom stereocenters. The van der Waals surface area contributed by atoms with Crippen LogP contribution in [-0.2, 0) is 11.2 Å². The second kappa shape index (κ2) is 8.70. The van der Waals surface area contributed by atoms with Crippen LogP contribution in [0.15, 0.2) is 64.4 Å². The molecule has 0 saturated heterocycles. The van der Waals surface area contributed by atoms with E-state index in [-0.39, 0.29) is 11.7 Å². The Kier molecular flexibility index (Phi) is 6.10. The van der Waals surface area contributed by atoms with Crippen LogP contribution in [0.1, 0.15) is 5.56 Å². The third kappa shape index (κ3) is 4.97. The number of benzene rings is 2. The lowest BCUT2D eigenvalue weighted by Gasteiger charge is -2.05. The molecule has 0 fully saturated rings. The number of carbonyl (C=O) groups excluding carboxylic acids is 1. The predicted octanol–water partition coefficient (Wildman–Crippen LogP) is 4.64. The third-order valence-corrected chi connectivity index (χ3v) is 4.98. The van der Waals surface area contributed by atoms with Crippen LogP contribution < -0.4 is 5.32 Å². The summed E-state index contributed by atoms with van der Waals surface area (Å²) in [5, 5.41) is 12.2. The first-order valence-electron chi connectivity index (χ1n) is 7.83. The number of halogens is 1. The molecule has 0 radical (unpaired) electrons. The number of thioether (sulfide) groups is 1. The minimum Gasteiger partial charge on any atom is -0.333 e. The number of aromatic nitrogens is 2. The SMILES string of the molecule is N#CCc1ccc(NC(=O)CSc2ncc(-c3ccc(Br)cc3)[nH]2)cc1. The Morgan fingerprint density at radius 2 is 1.92 bits per heavy atom. The number of nitrogens with one attached hydrogen (secondary N) is 2. The highest BCUT2D eigenvalue weighted by atomic mass is 79.9. The predicted molar refractivity (Wildman–Crippen MR) is 107 cm³/mol. The Morgan fingerprint density at radius 3 is 2.62 bits per heavy atom. The van der Waals surface area contributed by atoms with Gasteiger partial charge in [-0.3, -0.25) is 4.79 Å². The highest BCUT2D eigenvalue weighted by Gasteiger charge is 2.08. The zero-order chi connectivity index (χ0) is 18.4. The number of carbonyl (C=O) groups is 1. The maximum atomic E-state index is 12.1. The smallest absolute Gasteiger partial charge is 0.234 e. The molecule has 26 heavy (non-hydrogen) atoms. The van der Waals surface area contributed by atoms with Crippen LogP contribution in [0.3, 0.4) is 0 Å². The Hall–Kier alpha value is -2.56. The van der Waals surface area contributed by atoms with Gasteiger partial charge >= 0.3 is 0 Å². The molecule has 0 aliphatic heterocycles. The number of hydrogen-bond donors (Lipinski definition) is 2. The normalized spacial score (nSPS) is 10.3. The summed E-state index contributed by atoms with van der Waals surface area (Å²) in [4.78, 5) is 19.6. The van der Waals surface area contributed by atoms with E-state index in [1.54, 1.807) is 18.3 Å². The summed E-state index contributed by atoms with van der Waals surface area (Å²) < 4.78 is 1.02. The van der Waals surface area contributed by atoms with Crippen LogP contribution >= 0.6 is 27.7 Å². The van der Waals surface area contributed by atoms with Gasteiger partial charge in [0.25, 0.3) is 0 Å². The first-order chi connectivity index (χ1) is 12.6. The van der Waals surface area contributed by atoms with E-state index in [1.807, 2.05) is 36.4 Å². The number of nitrogens with zero attached hydrogens (tertiary/aromatic N) is 2. The fourth-order valence-electron chi connectivity index (χ4n) is 2.28. The van der Waals surface area contributed by atoms with E-state index in [2.05, 4.69) is 37.3 Å². The lowest BCUT2D eigenvalue weighted by atomic mass is 10.1. The van der Waals surface area contributed by atoms with Crippen molar-refractivity contribution in [2.45, 2.75) is 11.6 Å². The first kappa shape index (κ1) is 18.2. The van der Waals surface area contributed by atoms with Gasteiger partial charge in [-0.2, -0.15) is 5.26 Å². The lowest BCUT2D eigenvalue weighted by Crippen LogP contribution is -2.14. The summed E-state index contributed by atoms with van der Waals surface area (Å²) in [5.74, 6) is 0.150. The van der Waals surface area contributed by atoms with Gasteiger partial charge in [0.05, 0.1) is 30.1 Å². The molecule has 5 nitrogen and oxygen atoms in total. The molecule has 0 unspecified atom stereocenters. The molecule has 1 amide bonds. The van der Waals surface area contributed by atoms with Crippen LogP contribution in [0.4, 0.5) is 5.69 Å². The molecular formula is C19H15BrN4OS. The summed E-state index contributed by atoms with van der Waals surface area (Å²) in [5.41, 5.74) is 3.59. The Morgan fingerprint density at radius 1 is 1.19 bits per heavy atom. The highest BCUT2D eigenvalue weighted by molar-refractivity contribution is 9.10. The molecule has 1 heterocycles. The molecule has 0 bridgehead atoms. The van der Waals surface area contributed by atoms with Crippen molar-refractivity contribution in [3.05, 3.63) is 64.8 Å². The van der Waals surface area contributed by atoms with Gasteiger partial charge in [-0.25, -0.2) is 4.98 Å². The zero-order valence-electron chi connectivity index (χ0n) is 13.7. The standard InChI is InChI=1S/C19H15BrN4OS/c20-15-5-3-14(4-6-15)17-11-22-19(24-17)26-12-18(25)23-16-7-1-13(2-8-16)9-10-21/h1-8,11H,9,12H2,(H,22,24)(H,23,25). The molecule has 0 spiro atoms. The monoisotopic (exact) mass is 426 g/mol. The van der Waals surface area contributed by atoms with E-state index < -0.39 is 0 Å². The summed E-state index contributed by atoms with van der Waals surface area (Å²) in [7, 11) is 0. The average molecular weight is 427 g/mol. The van der Waals surface area contributed by atoms with Crippen LogP contribution in [-0.4, -0.2) is 21.6 Å². The molecule has 2 aromatic carbocycles. The van der Waals surface area contributed by atoms with Gasteiger partial charge in [0.1, 0.15) is 0 Å². The second-order valence-corrected chi connectivity index (χ2v) is 7.36. The number of amides is 1. The van der Waals surface area contributed by atoms with Crippen LogP contribution in [0, 0.1) is 11.3 Å². The molecule has 7 heteroatoms. The van der Waals surface area contributed by atoms with E-state index in [1.165, 1.54) is 11.8 Å². The zero-order valence-corrected chi connectivity index (χ0v) is 16.1.